The molecule has 10 heteroatoms. The van der Waals surface area contributed by atoms with Crippen LogP contribution in [0.15, 0.2) is 0 Å². The Balaban J connectivity index is 5.41. The lowest BCUT2D eigenvalue weighted by atomic mass is 10.0. The smallest absolute Gasteiger partial charge is 0.290 e. The van der Waals surface area contributed by atoms with Gasteiger partial charge in [-0.1, -0.05) is 156 Å². The van der Waals surface area contributed by atoms with E-state index in [-0.39, 0.29) is 19.3 Å². The molecule has 0 spiro atoms. The quantitative estimate of drug-likeness (QED) is 0.0380. The molecule has 278 valence electrons. The Hall–Kier alpha value is -3.17. The highest BCUT2D eigenvalue weighted by Gasteiger charge is 2.44. The maximum absolute atomic E-state index is 13.1. The van der Waals surface area contributed by atoms with Gasteiger partial charge in [0.1, 0.15) is 0 Å². The second-order valence-corrected chi connectivity index (χ2v) is 13.2. The number of hydrogen-bond donors (Lipinski definition) is 0. The maximum Gasteiger partial charge on any atom is 0.312 e. The molecule has 0 N–H and O–H groups in total. The Kier molecular flexibility index (Phi) is 27.8. The lowest BCUT2D eigenvalue weighted by molar-refractivity contribution is -0.165. The first-order valence-corrected chi connectivity index (χ1v) is 19.2. The van der Waals surface area contributed by atoms with Gasteiger partial charge in [0.15, 0.2) is 0 Å². The molecule has 49 heavy (non-hydrogen) atoms. The fourth-order valence-electron chi connectivity index (χ4n) is 5.54. The van der Waals surface area contributed by atoms with E-state index in [9.17, 15) is 43.2 Å². The highest BCUT2D eigenvalue weighted by Crippen LogP contribution is 2.14. The van der Waals surface area contributed by atoms with Crippen LogP contribution in [0.1, 0.15) is 194 Å². The summed E-state index contributed by atoms with van der Waals surface area (Å²) in [5, 5.41) is 0. The maximum atomic E-state index is 13.1. The molecule has 10 nitrogen and oxygen atoms in total. The molecule has 0 saturated heterocycles. The predicted octanol–water partition coefficient (Wildman–Crippen LogP) is 7.88. The van der Waals surface area contributed by atoms with Crippen LogP contribution in [0.2, 0.25) is 0 Å². The SMILES string of the molecule is CCCCCCCCCCC(=O)C(=O)C(=O)N(C(=O)C(=O)C(=O)CCCCCCCCCC)C(=O)C(=O)C(=O)CCCCCCCCCC. The Labute approximate surface area is 294 Å². The Bertz CT molecular complexity index is 945. The van der Waals surface area contributed by atoms with Gasteiger partial charge in [-0.2, -0.15) is 4.90 Å². The summed E-state index contributed by atoms with van der Waals surface area (Å²) in [5.74, 6) is -14.8. The molecule has 0 heterocycles. The summed E-state index contributed by atoms with van der Waals surface area (Å²) >= 11 is 0. The van der Waals surface area contributed by atoms with Crippen LogP contribution < -0.4 is 0 Å². The van der Waals surface area contributed by atoms with Crippen molar-refractivity contribution < 1.29 is 43.2 Å². The number of unbranched alkanes of at least 4 members (excludes halogenated alkanes) is 21. The van der Waals surface area contributed by atoms with E-state index in [2.05, 4.69) is 20.8 Å². The summed E-state index contributed by atoms with van der Waals surface area (Å²) in [4.78, 5) is 115. The molecule has 0 aliphatic carbocycles. The van der Waals surface area contributed by atoms with E-state index in [0.717, 1.165) is 116 Å². The van der Waals surface area contributed by atoms with Crippen molar-refractivity contribution in [2.45, 2.75) is 194 Å². The Morgan fingerprint density at radius 2 is 0.469 bits per heavy atom. The summed E-state index contributed by atoms with van der Waals surface area (Å²) < 4.78 is 0. The van der Waals surface area contributed by atoms with E-state index >= 15 is 0 Å². The van der Waals surface area contributed by atoms with Gasteiger partial charge in [-0.3, -0.25) is 43.2 Å². The van der Waals surface area contributed by atoms with Crippen molar-refractivity contribution in [1.82, 2.24) is 4.90 Å². The summed E-state index contributed by atoms with van der Waals surface area (Å²) in [6, 6.07) is 0. The van der Waals surface area contributed by atoms with Gasteiger partial charge < -0.3 is 0 Å². The fraction of sp³-hybridized carbons (Fsp3) is 0.769. The summed E-state index contributed by atoms with van der Waals surface area (Å²) in [5.41, 5.74) is 0. The third-order valence-corrected chi connectivity index (χ3v) is 8.72. The lowest BCUT2D eigenvalue weighted by Gasteiger charge is -2.16. The second kappa shape index (κ2) is 29.7. The van der Waals surface area contributed by atoms with Crippen LogP contribution in [-0.4, -0.2) is 57.3 Å². The average molecular weight is 690 g/mol. The second-order valence-electron chi connectivity index (χ2n) is 13.2. The number of Topliss-reactive ketones (excluding diaryl/α,β-unsaturated/α-hetero) is 6. The third kappa shape index (κ3) is 20.8. The molecule has 0 saturated carbocycles. The van der Waals surface area contributed by atoms with Crippen LogP contribution in [0, 0.1) is 0 Å². The number of carbonyl (C=O) groups excluding carboxylic acids is 9. The fourth-order valence-corrected chi connectivity index (χ4v) is 5.54. The molecule has 0 fully saturated rings. The Morgan fingerprint density at radius 3 is 0.673 bits per heavy atom. The first-order chi connectivity index (χ1) is 23.5. The molecule has 0 unspecified atom stereocenters. The summed E-state index contributed by atoms with van der Waals surface area (Å²) in [6.45, 7) is 6.34. The van der Waals surface area contributed by atoms with Gasteiger partial charge in [0.05, 0.1) is 0 Å². The van der Waals surface area contributed by atoms with Gasteiger partial charge in [0.2, 0.25) is 17.3 Å². The van der Waals surface area contributed by atoms with E-state index in [4.69, 9.17) is 0 Å². The number of ketones is 6. The van der Waals surface area contributed by atoms with Crippen molar-refractivity contribution in [1.29, 1.82) is 0 Å². The zero-order valence-corrected chi connectivity index (χ0v) is 30.7. The molecule has 0 atom stereocenters. The normalized spacial score (nSPS) is 10.8. The minimum Gasteiger partial charge on any atom is -0.290 e. The standard InChI is InChI=1S/C39H63NO9/c1-4-7-10-13-16-19-22-25-28-31(41)34(44)37(47)40(38(48)35(45)32(42)29-26-23-20-17-14-11-8-5-2)39(49)36(46)33(43)30-27-24-21-18-15-12-9-6-3/h4-30H2,1-3H3. The van der Waals surface area contributed by atoms with E-state index in [1.807, 2.05) is 0 Å². The highest BCUT2D eigenvalue weighted by atomic mass is 16.2. The molecular formula is C39H63NO9. The first-order valence-electron chi connectivity index (χ1n) is 19.2. The number of hydrogen-bond acceptors (Lipinski definition) is 9. The topological polar surface area (TPSA) is 157 Å². The van der Waals surface area contributed by atoms with Crippen LogP contribution >= 0.6 is 0 Å². The van der Waals surface area contributed by atoms with Crippen molar-refractivity contribution in [2.75, 3.05) is 0 Å². The molecule has 3 amide bonds. The van der Waals surface area contributed by atoms with Crippen molar-refractivity contribution in [3.63, 3.8) is 0 Å². The largest absolute Gasteiger partial charge is 0.312 e. The van der Waals surface area contributed by atoms with Crippen LogP contribution in [0.5, 0.6) is 0 Å². The first kappa shape index (κ1) is 45.8. The molecule has 0 rings (SSSR count). The van der Waals surface area contributed by atoms with Crippen molar-refractivity contribution in [3.8, 4) is 0 Å². The van der Waals surface area contributed by atoms with E-state index in [1.54, 1.807) is 0 Å². The molecule has 0 radical (unpaired) electrons. The van der Waals surface area contributed by atoms with Crippen LogP contribution in [0.3, 0.4) is 0 Å². The molecule has 0 aromatic heterocycles. The molecule has 0 aromatic carbocycles. The van der Waals surface area contributed by atoms with Crippen LogP contribution in [0.25, 0.3) is 0 Å². The number of carbonyl (C=O) groups is 9. The van der Waals surface area contributed by atoms with Crippen molar-refractivity contribution in [3.05, 3.63) is 0 Å². The van der Waals surface area contributed by atoms with E-state index < -0.39 is 57.3 Å². The minimum atomic E-state index is -2.00. The predicted molar refractivity (Wildman–Crippen MR) is 189 cm³/mol. The van der Waals surface area contributed by atoms with Gasteiger partial charge in [-0.15, -0.1) is 0 Å². The van der Waals surface area contributed by atoms with Gasteiger partial charge >= 0.3 is 17.7 Å². The summed E-state index contributed by atoms with van der Waals surface area (Å²) in [7, 11) is 0. The number of amides is 3. The zero-order valence-electron chi connectivity index (χ0n) is 30.7. The molecule has 0 bridgehead atoms. The number of rotatable bonds is 33. The highest BCUT2D eigenvalue weighted by molar-refractivity contribution is 6.75. The van der Waals surface area contributed by atoms with E-state index in [1.165, 1.54) is 0 Å². The van der Waals surface area contributed by atoms with Gasteiger partial charge in [0.25, 0.3) is 17.3 Å². The lowest BCUT2D eigenvalue weighted by Crippen LogP contribution is -2.54. The molecule has 0 aliphatic rings. The summed E-state index contributed by atoms with van der Waals surface area (Å²) in [6.07, 6.45) is 20.4. The van der Waals surface area contributed by atoms with Crippen LogP contribution in [0.4, 0.5) is 0 Å². The average Bonchev–Trinajstić information content (AvgIpc) is 3.10. The van der Waals surface area contributed by atoms with Gasteiger partial charge in [-0.25, -0.2) is 0 Å². The monoisotopic (exact) mass is 689 g/mol. The van der Waals surface area contributed by atoms with Crippen LogP contribution in [-0.2, 0) is 43.2 Å². The van der Waals surface area contributed by atoms with Crippen molar-refractivity contribution in [2.24, 2.45) is 0 Å². The minimum absolute atomic E-state index is 0.291. The number of nitrogens with zero attached hydrogens (tertiary/aromatic N) is 1. The molecule has 0 aromatic rings. The molecule has 0 aliphatic heterocycles. The van der Waals surface area contributed by atoms with Crippen molar-refractivity contribution >= 4 is 52.4 Å². The van der Waals surface area contributed by atoms with Gasteiger partial charge in [0, 0.05) is 19.3 Å². The zero-order chi connectivity index (χ0) is 36.9. The van der Waals surface area contributed by atoms with E-state index in [0.29, 0.717) is 38.5 Å². The third-order valence-electron chi connectivity index (χ3n) is 8.72. The Morgan fingerprint density at radius 1 is 0.286 bits per heavy atom. The van der Waals surface area contributed by atoms with Gasteiger partial charge in [-0.05, 0) is 19.3 Å². The number of imide groups is 3. The molecular weight excluding hydrogens is 626 g/mol.